The molecule has 0 saturated heterocycles. The zero-order chi connectivity index (χ0) is 7.11. The van der Waals surface area contributed by atoms with Gasteiger partial charge in [-0.1, -0.05) is 0 Å². The summed E-state index contributed by atoms with van der Waals surface area (Å²) in [4.78, 5) is 14.1. The van der Waals surface area contributed by atoms with Gasteiger partial charge in [0.15, 0.2) is 0 Å². The largest absolute Gasteiger partial charge is 0.466 e. The maximum Gasteiger partial charge on any atom is 0.311 e. The molecular formula is C6H11NO2. The van der Waals surface area contributed by atoms with Crippen LogP contribution in [0.4, 0.5) is 0 Å². The van der Waals surface area contributed by atoms with E-state index in [1.165, 1.54) is 6.21 Å². The molecule has 0 spiro atoms. The van der Waals surface area contributed by atoms with Crippen LogP contribution in [0, 0.1) is 0 Å². The summed E-state index contributed by atoms with van der Waals surface area (Å²) in [5, 5.41) is 0. The lowest BCUT2D eigenvalue weighted by molar-refractivity contribution is -0.141. The van der Waals surface area contributed by atoms with Gasteiger partial charge in [0, 0.05) is 13.3 Å². The first-order chi connectivity index (χ1) is 4.31. The number of hydrogen-bond donors (Lipinski definition) is 0. The van der Waals surface area contributed by atoms with Crippen LogP contribution in [0.25, 0.3) is 0 Å². The Kier molecular flexibility index (Phi) is 4.78. The fraction of sp³-hybridized carbons (Fsp3) is 0.667. The van der Waals surface area contributed by atoms with Crippen LogP contribution in [0.5, 0.6) is 0 Å². The van der Waals surface area contributed by atoms with Crippen molar-refractivity contribution in [2.24, 2.45) is 4.99 Å². The maximum absolute atomic E-state index is 10.5. The van der Waals surface area contributed by atoms with E-state index >= 15 is 0 Å². The van der Waals surface area contributed by atoms with Gasteiger partial charge < -0.3 is 9.73 Å². The topological polar surface area (TPSA) is 38.7 Å². The van der Waals surface area contributed by atoms with Crippen LogP contribution in [0.2, 0.25) is 0 Å². The van der Waals surface area contributed by atoms with Crippen molar-refractivity contribution in [1.29, 1.82) is 0 Å². The minimum absolute atomic E-state index is 0.219. The Morgan fingerprint density at radius 3 is 2.89 bits per heavy atom. The van der Waals surface area contributed by atoms with Crippen LogP contribution in [-0.4, -0.2) is 25.8 Å². The van der Waals surface area contributed by atoms with Gasteiger partial charge in [-0.15, -0.1) is 0 Å². The van der Waals surface area contributed by atoms with Crippen molar-refractivity contribution >= 4 is 12.2 Å². The van der Waals surface area contributed by atoms with Crippen LogP contribution >= 0.6 is 0 Å². The number of carbonyl (C=O) groups excluding carboxylic acids is 1. The second-order valence-corrected chi connectivity index (χ2v) is 1.45. The molecule has 0 N–H and O–H groups in total. The molecule has 9 heavy (non-hydrogen) atoms. The standard InChI is InChI=1S/C6H11NO2/c1-3-9-6(8)4-5-7-2/h5H,3-4H2,1-2H3/b7-5+. The minimum atomic E-state index is -0.219. The lowest BCUT2D eigenvalue weighted by Crippen LogP contribution is -2.03. The highest BCUT2D eigenvalue weighted by atomic mass is 16.5. The molecule has 0 aliphatic heterocycles. The Bertz CT molecular complexity index is 110. The quantitative estimate of drug-likeness (QED) is 0.414. The predicted molar refractivity (Wildman–Crippen MR) is 35.7 cm³/mol. The fourth-order valence-electron chi connectivity index (χ4n) is 0.386. The normalized spacial score (nSPS) is 10.0. The Morgan fingerprint density at radius 2 is 2.44 bits per heavy atom. The molecule has 0 amide bonds. The monoisotopic (exact) mass is 129 g/mol. The van der Waals surface area contributed by atoms with Gasteiger partial charge in [0.05, 0.1) is 13.0 Å². The highest BCUT2D eigenvalue weighted by molar-refractivity contribution is 5.85. The molecule has 52 valence electrons. The summed E-state index contributed by atoms with van der Waals surface area (Å²) in [5.41, 5.74) is 0. The summed E-state index contributed by atoms with van der Waals surface area (Å²) in [5.74, 6) is -0.219. The van der Waals surface area contributed by atoms with E-state index in [9.17, 15) is 4.79 Å². The number of aliphatic imine (C=N–C) groups is 1. The second kappa shape index (κ2) is 5.28. The Labute approximate surface area is 54.7 Å². The number of ether oxygens (including phenoxy) is 1. The summed E-state index contributed by atoms with van der Waals surface area (Å²) < 4.78 is 4.61. The molecule has 0 aromatic heterocycles. The third-order valence-electron chi connectivity index (χ3n) is 0.746. The van der Waals surface area contributed by atoms with Gasteiger partial charge in [-0.25, -0.2) is 0 Å². The molecule has 0 aliphatic rings. The van der Waals surface area contributed by atoms with Crippen molar-refractivity contribution in [2.45, 2.75) is 13.3 Å². The summed E-state index contributed by atoms with van der Waals surface area (Å²) in [6.07, 6.45) is 1.81. The third-order valence-corrected chi connectivity index (χ3v) is 0.746. The number of nitrogens with zero attached hydrogens (tertiary/aromatic N) is 1. The van der Waals surface area contributed by atoms with Crippen LogP contribution in [0.1, 0.15) is 13.3 Å². The molecule has 0 heterocycles. The highest BCUT2D eigenvalue weighted by Gasteiger charge is 1.94. The number of carbonyl (C=O) groups is 1. The molecule has 0 aliphatic carbocycles. The SMILES string of the molecule is CCOC(=O)C/C=N/C. The molecule has 0 atom stereocenters. The fourth-order valence-corrected chi connectivity index (χ4v) is 0.386. The van der Waals surface area contributed by atoms with E-state index in [-0.39, 0.29) is 12.4 Å². The van der Waals surface area contributed by atoms with Gasteiger partial charge in [-0.3, -0.25) is 4.79 Å². The van der Waals surface area contributed by atoms with E-state index in [0.29, 0.717) is 6.61 Å². The average molecular weight is 129 g/mol. The second-order valence-electron chi connectivity index (χ2n) is 1.45. The molecule has 0 bridgehead atoms. The lowest BCUT2D eigenvalue weighted by Gasteiger charge is -1.94. The van der Waals surface area contributed by atoms with Crippen LogP contribution < -0.4 is 0 Å². The van der Waals surface area contributed by atoms with Crippen LogP contribution in [0.3, 0.4) is 0 Å². The maximum atomic E-state index is 10.5. The summed E-state index contributed by atoms with van der Waals surface area (Å²) in [6.45, 7) is 2.22. The van der Waals surface area contributed by atoms with E-state index in [1.807, 2.05) is 0 Å². The van der Waals surface area contributed by atoms with Gasteiger partial charge in [0.25, 0.3) is 0 Å². The van der Waals surface area contributed by atoms with Crippen LogP contribution in [0.15, 0.2) is 4.99 Å². The molecule has 0 aromatic carbocycles. The molecule has 0 saturated carbocycles. The molecule has 3 nitrogen and oxygen atoms in total. The Morgan fingerprint density at radius 1 is 1.78 bits per heavy atom. The summed E-state index contributed by atoms with van der Waals surface area (Å²) in [6, 6.07) is 0. The van der Waals surface area contributed by atoms with Gasteiger partial charge in [-0.05, 0) is 6.92 Å². The molecule has 0 unspecified atom stereocenters. The number of hydrogen-bond acceptors (Lipinski definition) is 3. The first kappa shape index (κ1) is 8.14. The molecule has 0 radical (unpaired) electrons. The highest BCUT2D eigenvalue weighted by Crippen LogP contribution is 1.81. The van der Waals surface area contributed by atoms with E-state index in [1.54, 1.807) is 14.0 Å². The van der Waals surface area contributed by atoms with E-state index in [2.05, 4.69) is 9.73 Å². The molecule has 3 heteroatoms. The van der Waals surface area contributed by atoms with Crippen molar-refractivity contribution in [3.63, 3.8) is 0 Å². The zero-order valence-corrected chi connectivity index (χ0v) is 5.76. The number of rotatable bonds is 3. The molecule has 0 aromatic rings. The summed E-state index contributed by atoms with van der Waals surface area (Å²) in [7, 11) is 1.62. The Balaban J connectivity index is 3.27. The van der Waals surface area contributed by atoms with Crippen molar-refractivity contribution in [1.82, 2.24) is 0 Å². The molecule has 0 rings (SSSR count). The van der Waals surface area contributed by atoms with Gasteiger partial charge >= 0.3 is 5.97 Å². The zero-order valence-electron chi connectivity index (χ0n) is 5.76. The smallest absolute Gasteiger partial charge is 0.311 e. The molecular weight excluding hydrogens is 118 g/mol. The van der Waals surface area contributed by atoms with E-state index in [4.69, 9.17) is 0 Å². The average Bonchev–Trinajstić information content (AvgIpc) is 1.85. The van der Waals surface area contributed by atoms with Crippen molar-refractivity contribution in [3.05, 3.63) is 0 Å². The van der Waals surface area contributed by atoms with E-state index in [0.717, 1.165) is 0 Å². The summed E-state index contributed by atoms with van der Waals surface area (Å²) >= 11 is 0. The van der Waals surface area contributed by atoms with Crippen molar-refractivity contribution in [2.75, 3.05) is 13.7 Å². The van der Waals surface area contributed by atoms with E-state index < -0.39 is 0 Å². The first-order valence-electron chi connectivity index (χ1n) is 2.87. The Hall–Kier alpha value is -0.860. The lowest BCUT2D eigenvalue weighted by atomic mass is 10.5. The van der Waals surface area contributed by atoms with Crippen molar-refractivity contribution < 1.29 is 9.53 Å². The van der Waals surface area contributed by atoms with Gasteiger partial charge in [0.1, 0.15) is 0 Å². The molecule has 0 fully saturated rings. The number of esters is 1. The van der Waals surface area contributed by atoms with Crippen molar-refractivity contribution in [3.8, 4) is 0 Å². The van der Waals surface area contributed by atoms with Gasteiger partial charge in [-0.2, -0.15) is 0 Å². The third kappa shape index (κ3) is 5.00. The van der Waals surface area contributed by atoms with Gasteiger partial charge in [0.2, 0.25) is 0 Å². The van der Waals surface area contributed by atoms with Crippen LogP contribution in [-0.2, 0) is 9.53 Å². The minimum Gasteiger partial charge on any atom is -0.466 e. The predicted octanol–water partition coefficient (Wildman–Crippen LogP) is 0.640. The first-order valence-corrected chi connectivity index (χ1v) is 2.87.